The number of hydrogen-bond donors (Lipinski definition) is 1. The van der Waals surface area contributed by atoms with Crippen molar-refractivity contribution in [2.75, 3.05) is 6.54 Å². The Morgan fingerprint density at radius 2 is 2.05 bits per heavy atom. The molecule has 2 heterocycles. The summed E-state index contributed by atoms with van der Waals surface area (Å²) in [6.45, 7) is 1.66. The van der Waals surface area contributed by atoms with E-state index in [1.54, 1.807) is 19.1 Å². The molecule has 22 heavy (non-hydrogen) atoms. The van der Waals surface area contributed by atoms with Crippen LogP contribution in [0.1, 0.15) is 25.5 Å². The molecule has 3 nitrogen and oxygen atoms in total. The minimum Gasteiger partial charge on any atom is -0.356 e. The molecule has 7 heteroatoms. The number of nitrogens with zero attached hydrogens (tertiary/aromatic N) is 1. The second kappa shape index (κ2) is 4.72. The van der Waals surface area contributed by atoms with Crippen LogP contribution in [0, 0.1) is 5.82 Å². The molecule has 0 saturated carbocycles. The number of H-pyrrole nitrogens is 1. The van der Waals surface area contributed by atoms with Gasteiger partial charge in [0, 0.05) is 17.8 Å². The Hall–Kier alpha value is -2.05. The van der Waals surface area contributed by atoms with Gasteiger partial charge in [-0.3, -0.25) is 4.79 Å². The van der Waals surface area contributed by atoms with Crippen LogP contribution in [0.3, 0.4) is 0 Å². The van der Waals surface area contributed by atoms with E-state index in [4.69, 9.17) is 0 Å². The van der Waals surface area contributed by atoms with Gasteiger partial charge in [0.25, 0.3) is 0 Å². The molecule has 0 spiro atoms. The smallest absolute Gasteiger partial charge is 0.356 e. The summed E-state index contributed by atoms with van der Waals surface area (Å²) in [5.41, 5.74) is -0.0759. The molecule has 3 rings (SSSR count). The average Bonchev–Trinajstić information content (AvgIpc) is 3.00. The van der Waals surface area contributed by atoms with Crippen molar-refractivity contribution in [3.63, 3.8) is 0 Å². The molecular weight excluding hydrogens is 300 g/mol. The topological polar surface area (TPSA) is 36.1 Å². The number of aromatic nitrogens is 1. The second-order valence-electron chi connectivity index (χ2n) is 5.75. The lowest BCUT2D eigenvalue weighted by molar-refractivity contribution is -0.189. The van der Waals surface area contributed by atoms with E-state index in [2.05, 4.69) is 4.98 Å². The Morgan fingerprint density at radius 3 is 2.73 bits per heavy atom. The van der Waals surface area contributed by atoms with Crippen molar-refractivity contribution < 1.29 is 22.4 Å². The number of carbonyl (C=O) groups is 1. The van der Waals surface area contributed by atoms with Crippen molar-refractivity contribution >= 4 is 16.8 Å². The summed E-state index contributed by atoms with van der Waals surface area (Å²) in [5, 5.41) is 0.698. The third-order valence-electron chi connectivity index (χ3n) is 4.29. The first-order valence-electron chi connectivity index (χ1n) is 6.89. The van der Waals surface area contributed by atoms with Crippen molar-refractivity contribution in [1.29, 1.82) is 0 Å². The third kappa shape index (κ3) is 2.24. The van der Waals surface area contributed by atoms with Crippen LogP contribution in [-0.4, -0.2) is 28.5 Å². The van der Waals surface area contributed by atoms with Crippen LogP contribution in [0.5, 0.6) is 0 Å². The van der Waals surface area contributed by atoms with Crippen LogP contribution in [0.2, 0.25) is 0 Å². The maximum absolute atomic E-state index is 13.2. The van der Waals surface area contributed by atoms with Gasteiger partial charge in [-0.25, -0.2) is 4.39 Å². The second-order valence-corrected chi connectivity index (χ2v) is 5.75. The molecule has 1 saturated heterocycles. The lowest BCUT2D eigenvalue weighted by Crippen LogP contribution is -2.48. The summed E-state index contributed by atoms with van der Waals surface area (Å²) < 4.78 is 51.5. The number of fused-ring (bicyclic) bond motifs is 1. The minimum absolute atomic E-state index is 0.0541. The lowest BCUT2D eigenvalue weighted by Gasteiger charge is -2.35. The normalized spacial score (nSPS) is 22.5. The van der Waals surface area contributed by atoms with Gasteiger partial charge in [-0.15, -0.1) is 0 Å². The quantitative estimate of drug-likeness (QED) is 0.800. The van der Waals surface area contributed by atoms with Gasteiger partial charge in [0.1, 0.15) is 5.82 Å². The maximum atomic E-state index is 13.2. The number of alkyl halides is 3. The number of likely N-dealkylation sites (tertiary alicyclic amines) is 1. The lowest BCUT2D eigenvalue weighted by atomic mass is 9.94. The van der Waals surface area contributed by atoms with Crippen LogP contribution in [0.4, 0.5) is 17.6 Å². The van der Waals surface area contributed by atoms with Gasteiger partial charge in [0.15, 0.2) is 0 Å². The number of rotatable bonds is 1. The Morgan fingerprint density at radius 1 is 1.32 bits per heavy atom. The number of halogens is 4. The Bertz CT molecular complexity index is 737. The van der Waals surface area contributed by atoms with Crippen molar-refractivity contribution in [2.24, 2.45) is 0 Å². The van der Waals surface area contributed by atoms with Crippen LogP contribution < -0.4 is 0 Å². The first-order chi connectivity index (χ1) is 10.2. The summed E-state index contributed by atoms with van der Waals surface area (Å²) in [6.07, 6.45) is -3.99. The zero-order valence-corrected chi connectivity index (χ0v) is 11.8. The molecule has 1 atom stereocenters. The van der Waals surface area contributed by atoms with Crippen molar-refractivity contribution in [3.05, 3.63) is 35.8 Å². The Labute approximate surface area is 123 Å². The fourth-order valence-electron chi connectivity index (χ4n) is 3.11. The SMILES string of the molecule is C[C@]1(c2cc3ccc(F)cc3[nH]2)CCCN1C(=O)C(F)(F)F. The Kier molecular flexibility index (Phi) is 3.19. The van der Waals surface area contributed by atoms with E-state index in [9.17, 15) is 22.4 Å². The van der Waals surface area contributed by atoms with Crippen molar-refractivity contribution in [1.82, 2.24) is 9.88 Å². The van der Waals surface area contributed by atoms with Gasteiger partial charge in [0.05, 0.1) is 5.54 Å². The zero-order valence-electron chi connectivity index (χ0n) is 11.8. The van der Waals surface area contributed by atoms with E-state index >= 15 is 0 Å². The van der Waals surface area contributed by atoms with Gasteiger partial charge in [0.2, 0.25) is 0 Å². The molecule has 1 aliphatic heterocycles. The Balaban J connectivity index is 2.04. The van der Waals surface area contributed by atoms with Gasteiger partial charge >= 0.3 is 12.1 Å². The molecule has 1 N–H and O–H groups in total. The number of carbonyl (C=O) groups excluding carboxylic acids is 1. The third-order valence-corrected chi connectivity index (χ3v) is 4.29. The fourth-order valence-corrected chi connectivity index (χ4v) is 3.11. The highest BCUT2D eigenvalue weighted by Gasteiger charge is 2.51. The monoisotopic (exact) mass is 314 g/mol. The van der Waals surface area contributed by atoms with E-state index < -0.39 is 23.4 Å². The molecule has 118 valence electrons. The summed E-state index contributed by atoms with van der Waals surface area (Å²) in [4.78, 5) is 15.5. The molecule has 0 aliphatic carbocycles. The van der Waals surface area contributed by atoms with E-state index in [-0.39, 0.29) is 6.54 Å². The van der Waals surface area contributed by atoms with E-state index in [0.29, 0.717) is 29.4 Å². The summed E-state index contributed by atoms with van der Waals surface area (Å²) in [7, 11) is 0. The molecule has 1 aromatic heterocycles. The number of nitrogens with one attached hydrogen (secondary N) is 1. The molecule has 1 amide bonds. The molecule has 1 aromatic carbocycles. The molecular formula is C15H14F4N2O. The van der Waals surface area contributed by atoms with Gasteiger partial charge in [-0.1, -0.05) is 0 Å². The predicted octanol–water partition coefficient (Wildman–Crippen LogP) is 3.71. The summed E-state index contributed by atoms with van der Waals surface area (Å²) in [5.74, 6) is -2.27. The predicted molar refractivity (Wildman–Crippen MR) is 72.6 cm³/mol. The van der Waals surface area contributed by atoms with E-state index in [1.807, 2.05) is 0 Å². The summed E-state index contributed by atoms with van der Waals surface area (Å²) in [6, 6.07) is 5.80. The number of amides is 1. The number of hydrogen-bond acceptors (Lipinski definition) is 1. The molecule has 2 aromatic rings. The molecule has 1 fully saturated rings. The maximum Gasteiger partial charge on any atom is 0.471 e. The first kappa shape index (κ1) is 14.9. The van der Waals surface area contributed by atoms with Gasteiger partial charge < -0.3 is 9.88 Å². The molecule has 0 radical (unpaired) electrons. The number of benzene rings is 1. The highest BCUT2D eigenvalue weighted by molar-refractivity contribution is 5.84. The van der Waals surface area contributed by atoms with Crippen molar-refractivity contribution in [3.8, 4) is 0 Å². The standard InChI is InChI=1S/C15H14F4N2O/c1-14(5-2-6-21(14)13(22)15(17,18)19)12-7-9-3-4-10(16)8-11(9)20-12/h3-4,7-8,20H,2,5-6H2,1H3/t14-/m1/s1. The minimum atomic E-state index is -4.90. The van der Waals surface area contributed by atoms with Gasteiger partial charge in [-0.05, 0) is 49.4 Å². The molecule has 1 aliphatic rings. The highest BCUT2D eigenvalue weighted by Crippen LogP contribution is 2.41. The molecule has 0 bridgehead atoms. The van der Waals surface area contributed by atoms with Crippen LogP contribution in [-0.2, 0) is 10.3 Å². The number of aromatic amines is 1. The highest BCUT2D eigenvalue weighted by atomic mass is 19.4. The largest absolute Gasteiger partial charge is 0.471 e. The zero-order chi connectivity index (χ0) is 16.1. The first-order valence-corrected chi connectivity index (χ1v) is 6.89. The van der Waals surface area contributed by atoms with Crippen LogP contribution in [0.25, 0.3) is 10.9 Å². The van der Waals surface area contributed by atoms with Crippen LogP contribution in [0.15, 0.2) is 24.3 Å². The molecule has 0 unspecified atom stereocenters. The fraction of sp³-hybridized carbons (Fsp3) is 0.400. The van der Waals surface area contributed by atoms with E-state index in [1.165, 1.54) is 12.1 Å². The van der Waals surface area contributed by atoms with Crippen molar-refractivity contribution in [2.45, 2.75) is 31.5 Å². The summed E-state index contributed by atoms with van der Waals surface area (Å²) >= 11 is 0. The van der Waals surface area contributed by atoms with E-state index in [0.717, 1.165) is 4.90 Å². The van der Waals surface area contributed by atoms with Gasteiger partial charge in [-0.2, -0.15) is 13.2 Å². The van der Waals surface area contributed by atoms with Crippen LogP contribution >= 0.6 is 0 Å². The average molecular weight is 314 g/mol.